The molecule has 5 heteroatoms. The highest BCUT2D eigenvalue weighted by Gasteiger charge is 2.22. The van der Waals surface area contributed by atoms with Gasteiger partial charge in [0.25, 0.3) is 5.91 Å². The second-order valence-corrected chi connectivity index (χ2v) is 2.35. The van der Waals surface area contributed by atoms with Crippen molar-refractivity contribution < 1.29 is 9.90 Å². The molecule has 1 unspecified atom stereocenters. The number of hydrogen-bond donors (Lipinski definition) is 2. The first-order valence-electron chi connectivity index (χ1n) is 3.29. The summed E-state index contributed by atoms with van der Waals surface area (Å²) in [7, 11) is 0. The van der Waals surface area contributed by atoms with Crippen molar-refractivity contribution in [3.05, 3.63) is 18.0 Å². The molecule has 1 aliphatic rings. The van der Waals surface area contributed by atoms with Gasteiger partial charge in [-0.1, -0.05) is 0 Å². The molecule has 0 saturated heterocycles. The van der Waals surface area contributed by atoms with Gasteiger partial charge in [0.1, 0.15) is 5.69 Å². The van der Waals surface area contributed by atoms with Crippen molar-refractivity contribution in [1.29, 1.82) is 0 Å². The van der Waals surface area contributed by atoms with Gasteiger partial charge in [0.2, 0.25) is 0 Å². The molecule has 0 fully saturated rings. The highest BCUT2D eigenvalue weighted by atomic mass is 16.3. The van der Waals surface area contributed by atoms with Crippen molar-refractivity contribution in [3.63, 3.8) is 0 Å². The number of fused-ring (bicyclic) bond motifs is 1. The van der Waals surface area contributed by atoms with E-state index in [-0.39, 0.29) is 12.5 Å². The van der Waals surface area contributed by atoms with Gasteiger partial charge in [-0.2, -0.15) is 5.10 Å². The van der Waals surface area contributed by atoms with Crippen LogP contribution < -0.4 is 5.32 Å². The molecule has 5 nitrogen and oxygen atoms in total. The molecule has 0 saturated carbocycles. The van der Waals surface area contributed by atoms with E-state index in [9.17, 15) is 9.90 Å². The maximum atomic E-state index is 11.0. The lowest BCUT2D eigenvalue weighted by Crippen LogP contribution is -2.39. The van der Waals surface area contributed by atoms with E-state index in [1.165, 1.54) is 10.9 Å². The maximum absolute atomic E-state index is 11.0. The van der Waals surface area contributed by atoms with Crippen LogP contribution in [0.4, 0.5) is 0 Å². The molecule has 2 N–H and O–H groups in total. The number of hydrogen-bond acceptors (Lipinski definition) is 3. The molecule has 1 atom stereocenters. The average Bonchev–Trinajstić information content (AvgIpc) is 2.45. The lowest BCUT2D eigenvalue weighted by molar-refractivity contribution is 0.0593. The number of aromatic nitrogens is 2. The summed E-state index contributed by atoms with van der Waals surface area (Å²) in [5, 5.41) is 15.6. The first-order chi connectivity index (χ1) is 5.29. The molecule has 0 spiro atoms. The summed E-state index contributed by atoms with van der Waals surface area (Å²) in [5.74, 6) is -0.187. The minimum Gasteiger partial charge on any atom is -0.370 e. The van der Waals surface area contributed by atoms with Crippen molar-refractivity contribution in [2.75, 3.05) is 6.54 Å². The third kappa shape index (κ3) is 0.813. The zero-order chi connectivity index (χ0) is 7.84. The topological polar surface area (TPSA) is 67.2 Å². The molecule has 2 rings (SSSR count). The van der Waals surface area contributed by atoms with E-state index in [2.05, 4.69) is 10.4 Å². The molecule has 0 radical (unpaired) electrons. The lowest BCUT2D eigenvalue weighted by atomic mass is 10.3. The van der Waals surface area contributed by atoms with Crippen LogP contribution in [-0.4, -0.2) is 27.3 Å². The maximum Gasteiger partial charge on any atom is 0.269 e. The Labute approximate surface area is 62.6 Å². The highest BCUT2D eigenvalue weighted by Crippen LogP contribution is 2.09. The number of aliphatic hydroxyl groups excluding tert-OH is 1. The van der Waals surface area contributed by atoms with Crippen molar-refractivity contribution in [1.82, 2.24) is 15.1 Å². The van der Waals surface area contributed by atoms with E-state index in [4.69, 9.17) is 0 Å². The van der Waals surface area contributed by atoms with Crippen LogP contribution in [0.2, 0.25) is 0 Å². The first-order valence-corrected chi connectivity index (χ1v) is 3.29. The predicted molar refractivity (Wildman–Crippen MR) is 35.8 cm³/mol. The minimum atomic E-state index is -0.724. The molecule has 1 aliphatic heterocycles. The Morgan fingerprint density at radius 3 is 3.36 bits per heavy atom. The third-order valence-electron chi connectivity index (χ3n) is 1.63. The number of rotatable bonds is 0. The molecular weight excluding hydrogens is 146 g/mol. The van der Waals surface area contributed by atoms with Crippen LogP contribution in [0.3, 0.4) is 0 Å². The number of nitrogens with zero attached hydrogens (tertiary/aromatic N) is 2. The monoisotopic (exact) mass is 153 g/mol. The second kappa shape index (κ2) is 2.06. The molecule has 1 amide bonds. The van der Waals surface area contributed by atoms with E-state index in [0.29, 0.717) is 5.69 Å². The summed E-state index contributed by atoms with van der Waals surface area (Å²) >= 11 is 0. The Hall–Kier alpha value is -1.36. The third-order valence-corrected chi connectivity index (χ3v) is 1.63. The van der Waals surface area contributed by atoms with E-state index in [1.807, 2.05) is 0 Å². The minimum absolute atomic E-state index is 0.187. The molecule has 1 aromatic heterocycles. The SMILES string of the molecule is O=C1NCC(O)n2nccc21. The number of carbonyl (C=O) groups is 1. The molecule has 0 bridgehead atoms. The standard InChI is InChI=1S/C6H7N3O2/c10-5-3-7-6(11)4-1-2-8-9(4)5/h1-2,5,10H,3H2,(H,7,11). The number of β-amino-alcohol motifs (C(OH)–C–C–N with tert-alkyl or cyclic N) is 1. The van der Waals surface area contributed by atoms with Crippen molar-refractivity contribution in [2.24, 2.45) is 0 Å². The molecule has 11 heavy (non-hydrogen) atoms. The van der Waals surface area contributed by atoms with E-state index in [1.54, 1.807) is 6.07 Å². The van der Waals surface area contributed by atoms with Crippen LogP contribution in [0.5, 0.6) is 0 Å². The van der Waals surface area contributed by atoms with Crippen LogP contribution in [0.25, 0.3) is 0 Å². The molecule has 0 aromatic carbocycles. The van der Waals surface area contributed by atoms with Crippen LogP contribution in [0.15, 0.2) is 12.3 Å². The molecule has 58 valence electrons. The average molecular weight is 153 g/mol. The van der Waals surface area contributed by atoms with Gasteiger partial charge in [-0.15, -0.1) is 0 Å². The van der Waals surface area contributed by atoms with E-state index < -0.39 is 6.23 Å². The van der Waals surface area contributed by atoms with Crippen molar-refractivity contribution >= 4 is 5.91 Å². The van der Waals surface area contributed by atoms with Gasteiger partial charge in [0.05, 0.1) is 6.54 Å². The van der Waals surface area contributed by atoms with Gasteiger partial charge >= 0.3 is 0 Å². The van der Waals surface area contributed by atoms with Gasteiger partial charge < -0.3 is 10.4 Å². The highest BCUT2D eigenvalue weighted by molar-refractivity contribution is 5.93. The predicted octanol–water partition coefficient (Wildman–Crippen LogP) is -0.883. The molecule has 1 aromatic rings. The molecular formula is C6H7N3O2. The lowest BCUT2D eigenvalue weighted by Gasteiger charge is -2.19. The van der Waals surface area contributed by atoms with Crippen LogP contribution >= 0.6 is 0 Å². The van der Waals surface area contributed by atoms with E-state index in [0.717, 1.165) is 0 Å². The summed E-state index contributed by atoms with van der Waals surface area (Å²) in [4.78, 5) is 11.0. The smallest absolute Gasteiger partial charge is 0.269 e. The van der Waals surface area contributed by atoms with Crippen LogP contribution in [0.1, 0.15) is 16.7 Å². The van der Waals surface area contributed by atoms with Gasteiger partial charge in [-0.3, -0.25) is 4.79 Å². The quantitative estimate of drug-likeness (QED) is 0.508. The molecule has 0 aliphatic carbocycles. The number of amides is 1. The van der Waals surface area contributed by atoms with Gasteiger partial charge in [-0.05, 0) is 6.07 Å². The normalized spacial score (nSPS) is 22.6. The van der Waals surface area contributed by atoms with Crippen LogP contribution in [-0.2, 0) is 0 Å². The fourth-order valence-electron chi connectivity index (χ4n) is 1.09. The summed E-state index contributed by atoms with van der Waals surface area (Å²) in [6.07, 6.45) is 0.765. The zero-order valence-corrected chi connectivity index (χ0v) is 5.69. The number of nitrogens with one attached hydrogen (secondary N) is 1. The Morgan fingerprint density at radius 2 is 2.64 bits per heavy atom. The largest absolute Gasteiger partial charge is 0.370 e. The Bertz CT molecular complexity index is 294. The van der Waals surface area contributed by atoms with E-state index >= 15 is 0 Å². The Kier molecular flexibility index (Phi) is 1.19. The first kappa shape index (κ1) is 6.36. The molecule has 2 heterocycles. The summed E-state index contributed by atoms with van der Waals surface area (Å²) in [6.45, 7) is 0.230. The van der Waals surface area contributed by atoms with Crippen LogP contribution in [0, 0.1) is 0 Å². The van der Waals surface area contributed by atoms with Crippen molar-refractivity contribution in [3.8, 4) is 0 Å². The van der Waals surface area contributed by atoms with Crippen molar-refractivity contribution in [2.45, 2.75) is 6.23 Å². The zero-order valence-electron chi connectivity index (χ0n) is 5.69. The van der Waals surface area contributed by atoms with Gasteiger partial charge in [-0.25, -0.2) is 4.68 Å². The Morgan fingerprint density at radius 1 is 1.82 bits per heavy atom. The second-order valence-electron chi connectivity index (χ2n) is 2.35. The fraction of sp³-hybridized carbons (Fsp3) is 0.333. The fourth-order valence-corrected chi connectivity index (χ4v) is 1.09. The summed E-state index contributed by atoms with van der Waals surface area (Å²) in [6, 6.07) is 1.57. The Balaban J connectivity index is 2.51. The number of carbonyl (C=O) groups excluding carboxylic acids is 1. The van der Waals surface area contributed by atoms with Gasteiger partial charge in [0, 0.05) is 6.20 Å². The number of aliphatic hydroxyl groups is 1. The van der Waals surface area contributed by atoms with Gasteiger partial charge in [0.15, 0.2) is 6.23 Å². The summed E-state index contributed by atoms with van der Waals surface area (Å²) < 4.78 is 1.30. The summed E-state index contributed by atoms with van der Waals surface area (Å²) in [5.41, 5.74) is 0.406.